The van der Waals surface area contributed by atoms with E-state index in [1.54, 1.807) is 0 Å². The fraction of sp³-hybridized carbons (Fsp3) is 0.227. The third kappa shape index (κ3) is 3.24. The summed E-state index contributed by atoms with van der Waals surface area (Å²) in [4.78, 5) is 0. The van der Waals surface area contributed by atoms with E-state index in [2.05, 4.69) is 152 Å². The van der Waals surface area contributed by atoms with E-state index in [-0.39, 0.29) is 16.2 Å². The summed E-state index contributed by atoms with van der Waals surface area (Å²) < 4.78 is 0. The van der Waals surface area contributed by atoms with Gasteiger partial charge in [0.05, 0.1) is 0 Å². The van der Waals surface area contributed by atoms with E-state index >= 15 is 0 Å². The van der Waals surface area contributed by atoms with Gasteiger partial charge in [-0.05, 0) is 117 Å². The molecule has 0 aliphatic heterocycles. The van der Waals surface area contributed by atoms with Crippen LogP contribution in [0.15, 0.2) is 103 Å². The number of fused-ring (bicyclic) bond motifs is 7. The first-order valence-corrected chi connectivity index (χ1v) is 16.1. The second kappa shape index (κ2) is 8.19. The molecule has 0 heterocycles. The van der Waals surface area contributed by atoms with Gasteiger partial charge in [0.15, 0.2) is 0 Å². The quantitative estimate of drug-likeness (QED) is 0.173. The summed E-state index contributed by atoms with van der Waals surface area (Å²) in [5, 5.41) is 8.24. The minimum atomic E-state index is -0.0865. The fourth-order valence-electron chi connectivity index (χ4n) is 8.60. The van der Waals surface area contributed by atoms with Crippen molar-refractivity contribution in [3.8, 4) is 33.4 Å². The summed E-state index contributed by atoms with van der Waals surface area (Å²) in [5.74, 6) is 0. The van der Waals surface area contributed by atoms with Gasteiger partial charge < -0.3 is 0 Å². The highest BCUT2D eigenvalue weighted by atomic mass is 14.4. The van der Waals surface area contributed by atoms with E-state index in [0.717, 1.165) is 0 Å². The Morgan fingerprint density at radius 3 is 1.68 bits per heavy atom. The minimum Gasteiger partial charge on any atom is -0.0619 e. The molecule has 0 saturated heterocycles. The zero-order valence-electron chi connectivity index (χ0n) is 26.8. The normalized spacial score (nSPS) is 16.0. The lowest BCUT2D eigenvalue weighted by Gasteiger charge is -2.24. The van der Waals surface area contributed by atoms with Crippen LogP contribution in [0.25, 0.3) is 65.7 Å². The molecule has 0 amide bonds. The van der Waals surface area contributed by atoms with Crippen molar-refractivity contribution in [3.63, 3.8) is 0 Å². The van der Waals surface area contributed by atoms with E-state index in [4.69, 9.17) is 0 Å². The van der Waals surface area contributed by atoms with Crippen LogP contribution in [0.3, 0.4) is 0 Å². The molecule has 0 bridgehead atoms. The third-order valence-corrected chi connectivity index (χ3v) is 11.1. The number of rotatable bonds is 1. The molecule has 0 saturated carbocycles. The monoisotopic (exact) mass is 566 g/mol. The SMILES string of the molecule is CC(C)(C)c1cc2ccc3cc4c(c5ccc(c1)c2c35)-c1ccc(-c2ccc3c(c2)C(C)(C)c2ccccc2-3)cc1C4(C)C. The Hall–Kier alpha value is -4.42. The molecular formula is C44H38. The highest BCUT2D eigenvalue weighted by Gasteiger charge is 2.38. The number of hydrogen-bond donors (Lipinski definition) is 0. The lowest BCUT2D eigenvalue weighted by Crippen LogP contribution is -2.15. The first-order chi connectivity index (χ1) is 20.9. The van der Waals surface area contributed by atoms with Gasteiger partial charge in [0, 0.05) is 10.8 Å². The van der Waals surface area contributed by atoms with E-state index in [1.165, 1.54) is 93.5 Å². The smallest absolute Gasteiger partial charge is 0.0159 e. The largest absolute Gasteiger partial charge is 0.0619 e. The molecule has 214 valence electrons. The predicted molar refractivity (Wildman–Crippen MR) is 189 cm³/mol. The van der Waals surface area contributed by atoms with Crippen LogP contribution < -0.4 is 0 Å². The van der Waals surface area contributed by atoms with Crippen LogP contribution in [0.1, 0.15) is 76.3 Å². The van der Waals surface area contributed by atoms with Crippen molar-refractivity contribution < 1.29 is 0 Å². The minimum absolute atomic E-state index is 0.00144. The molecule has 44 heavy (non-hydrogen) atoms. The summed E-state index contributed by atoms with van der Waals surface area (Å²) in [6, 6.07) is 40.0. The molecule has 0 atom stereocenters. The van der Waals surface area contributed by atoms with Gasteiger partial charge >= 0.3 is 0 Å². The summed E-state index contributed by atoms with van der Waals surface area (Å²) >= 11 is 0. The standard InChI is InChI=1S/C44H38/c1-42(2,3)30-20-27-12-13-29-24-38-41(34-19-16-28(21-30)39(27)40(29)34)33-18-15-26(23-37(33)44(38,6)7)25-14-17-32-31-10-8-9-11-35(31)43(4,5)36(32)22-25/h8-24H,1-7H3. The van der Waals surface area contributed by atoms with Crippen molar-refractivity contribution in [2.75, 3.05) is 0 Å². The average molecular weight is 567 g/mol. The molecule has 0 N–H and O–H groups in total. The number of benzene rings is 7. The third-order valence-electron chi connectivity index (χ3n) is 11.1. The van der Waals surface area contributed by atoms with Crippen LogP contribution in [0, 0.1) is 0 Å². The Labute approximate surface area is 260 Å². The molecule has 0 heteroatoms. The Morgan fingerprint density at radius 2 is 1.00 bits per heavy atom. The van der Waals surface area contributed by atoms with E-state index in [1.807, 2.05) is 0 Å². The maximum atomic E-state index is 2.49. The van der Waals surface area contributed by atoms with Crippen LogP contribution in [0.4, 0.5) is 0 Å². The maximum Gasteiger partial charge on any atom is 0.0159 e. The molecule has 2 aliphatic rings. The Morgan fingerprint density at radius 1 is 0.455 bits per heavy atom. The van der Waals surface area contributed by atoms with Crippen molar-refractivity contribution in [2.45, 2.75) is 64.7 Å². The molecule has 0 unspecified atom stereocenters. The van der Waals surface area contributed by atoms with Crippen LogP contribution in [-0.2, 0) is 16.2 Å². The zero-order valence-corrected chi connectivity index (χ0v) is 26.8. The van der Waals surface area contributed by atoms with Crippen LogP contribution in [0.2, 0.25) is 0 Å². The second-order valence-corrected chi connectivity index (χ2v) is 15.4. The topological polar surface area (TPSA) is 0 Å². The van der Waals surface area contributed by atoms with Crippen molar-refractivity contribution in [1.82, 2.24) is 0 Å². The predicted octanol–water partition coefficient (Wildman–Crippen LogP) is 12.2. The summed E-state index contributed by atoms with van der Waals surface area (Å²) in [5.41, 5.74) is 15.3. The lowest BCUT2D eigenvalue weighted by molar-refractivity contribution is 0.591. The van der Waals surface area contributed by atoms with Gasteiger partial charge in [0.1, 0.15) is 0 Å². The van der Waals surface area contributed by atoms with Gasteiger partial charge in [0.25, 0.3) is 0 Å². The molecule has 0 aromatic heterocycles. The molecule has 0 spiro atoms. The van der Waals surface area contributed by atoms with E-state index in [9.17, 15) is 0 Å². The van der Waals surface area contributed by atoms with Gasteiger partial charge in [-0.15, -0.1) is 0 Å². The van der Waals surface area contributed by atoms with Gasteiger partial charge in [0.2, 0.25) is 0 Å². The molecule has 0 fully saturated rings. The number of hydrogen-bond acceptors (Lipinski definition) is 0. The fourth-order valence-corrected chi connectivity index (χ4v) is 8.60. The second-order valence-electron chi connectivity index (χ2n) is 15.4. The molecule has 0 radical (unpaired) electrons. The molecule has 7 aromatic carbocycles. The molecule has 7 aromatic rings. The van der Waals surface area contributed by atoms with Gasteiger partial charge in [-0.25, -0.2) is 0 Å². The Kier molecular flexibility index (Phi) is 4.84. The highest BCUT2D eigenvalue weighted by Crippen LogP contribution is 2.55. The molecular weight excluding hydrogens is 528 g/mol. The molecule has 2 aliphatic carbocycles. The van der Waals surface area contributed by atoms with E-state index in [0.29, 0.717) is 0 Å². The van der Waals surface area contributed by atoms with Gasteiger partial charge in [-0.1, -0.05) is 133 Å². The van der Waals surface area contributed by atoms with Crippen LogP contribution in [-0.4, -0.2) is 0 Å². The van der Waals surface area contributed by atoms with Gasteiger partial charge in [-0.3, -0.25) is 0 Å². The van der Waals surface area contributed by atoms with Crippen LogP contribution >= 0.6 is 0 Å². The van der Waals surface area contributed by atoms with Gasteiger partial charge in [-0.2, -0.15) is 0 Å². The molecule has 9 rings (SSSR count). The van der Waals surface area contributed by atoms with Crippen LogP contribution in [0.5, 0.6) is 0 Å². The summed E-state index contributed by atoms with van der Waals surface area (Å²) in [7, 11) is 0. The van der Waals surface area contributed by atoms with Crippen molar-refractivity contribution in [3.05, 3.63) is 131 Å². The Bertz CT molecular complexity index is 2330. The molecule has 0 nitrogen and oxygen atoms in total. The Balaban J connectivity index is 1.23. The zero-order chi connectivity index (χ0) is 30.3. The summed E-state index contributed by atoms with van der Waals surface area (Å²) in [6.45, 7) is 16.5. The van der Waals surface area contributed by atoms with Crippen molar-refractivity contribution in [2.24, 2.45) is 0 Å². The highest BCUT2D eigenvalue weighted by molar-refractivity contribution is 6.26. The lowest BCUT2D eigenvalue weighted by atomic mass is 9.79. The first kappa shape index (κ1) is 26.0. The summed E-state index contributed by atoms with van der Waals surface area (Å²) in [6.07, 6.45) is 0. The maximum absolute atomic E-state index is 2.49. The van der Waals surface area contributed by atoms with Crippen molar-refractivity contribution >= 4 is 32.3 Å². The van der Waals surface area contributed by atoms with Crippen molar-refractivity contribution in [1.29, 1.82) is 0 Å². The first-order valence-electron chi connectivity index (χ1n) is 16.1. The average Bonchev–Trinajstić information content (AvgIpc) is 3.38. The van der Waals surface area contributed by atoms with E-state index < -0.39 is 0 Å².